The average Bonchev–Trinajstić information content (AvgIpc) is 2.25. The molecular weight excluding hydrogens is 295 g/mol. The van der Waals surface area contributed by atoms with Crippen LogP contribution in [-0.4, -0.2) is 0 Å². The summed E-state index contributed by atoms with van der Waals surface area (Å²) in [4.78, 5) is 0. The molecular formula is C14H21I. The minimum Gasteiger partial charge on any atom is -0.0654 e. The highest BCUT2D eigenvalue weighted by molar-refractivity contribution is 14.1. The molecule has 1 aromatic carbocycles. The van der Waals surface area contributed by atoms with Crippen LogP contribution in [0.5, 0.6) is 0 Å². The van der Waals surface area contributed by atoms with Crippen LogP contribution in [0.2, 0.25) is 0 Å². The van der Waals surface area contributed by atoms with Gasteiger partial charge < -0.3 is 0 Å². The molecule has 0 atom stereocenters. The van der Waals surface area contributed by atoms with Gasteiger partial charge in [-0.3, -0.25) is 0 Å². The van der Waals surface area contributed by atoms with Crippen LogP contribution in [0, 0.1) is 3.57 Å². The van der Waals surface area contributed by atoms with Crippen LogP contribution < -0.4 is 0 Å². The number of halogens is 1. The molecule has 0 spiro atoms. The van der Waals surface area contributed by atoms with Crippen molar-refractivity contribution in [3.63, 3.8) is 0 Å². The molecule has 0 saturated heterocycles. The molecule has 0 bridgehead atoms. The molecule has 0 saturated carbocycles. The van der Waals surface area contributed by atoms with E-state index in [0.29, 0.717) is 0 Å². The third-order valence-corrected chi connectivity index (χ3v) is 3.81. The van der Waals surface area contributed by atoms with E-state index in [1.807, 2.05) is 0 Å². The Balaban J connectivity index is 2.77. The number of benzene rings is 1. The van der Waals surface area contributed by atoms with E-state index in [1.54, 1.807) is 11.1 Å². The predicted octanol–water partition coefficient (Wildman–Crippen LogP) is 4.98. The molecule has 15 heavy (non-hydrogen) atoms. The normalized spacial score (nSPS) is 10.6. The monoisotopic (exact) mass is 316 g/mol. The van der Waals surface area contributed by atoms with Crippen molar-refractivity contribution < 1.29 is 0 Å². The summed E-state index contributed by atoms with van der Waals surface area (Å²) in [7, 11) is 0. The van der Waals surface area contributed by atoms with Crippen LogP contribution in [-0.2, 0) is 12.8 Å². The topological polar surface area (TPSA) is 0 Å². The zero-order valence-electron chi connectivity index (χ0n) is 9.85. The van der Waals surface area contributed by atoms with Crippen LogP contribution in [0.15, 0.2) is 18.2 Å². The van der Waals surface area contributed by atoms with Crippen molar-refractivity contribution in [2.24, 2.45) is 0 Å². The van der Waals surface area contributed by atoms with Crippen molar-refractivity contribution in [2.45, 2.75) is 52.4 Å². The highest BCUT2D eigenvalue weighted by Gasteiger charge is 2.05. The Labute approximate surface area is 108 Å². The van der Waals surface area contributed by atoms with Crippen molar-refractivity contribution in [1.82, 2.24) is 0 Å². The van der Waals surface area contributed by atoms with E-state index in [1.165, 1.54) is 42.1 Å². The van der Waals surface area contributed by atoms with Crippen LogP contribution in [0.25, 0.3) is 0 Å². The van der Waals surface area contributed by atoms with Gasteiger partial charge in [-0.05, 0) is 65.5 Å². The standard InChI is InChI=1S/C14H21I/c1-3-5-8-12-9-7-11-14(15)13(12)10-6-4-2/h7,9,11H,3-6,8,10H2,1-2H3. The molecule has 0 aliphatic heterocycles. The van der Waals surface area contributed by atoms with Gasteiger partial charge in [0.2, 0.25) is 0 Å². The molecule has 0 nitrogen and oxygen atoms in total. The minimum atomic E-state index is 1.26. The smallest absolute Gasteiger partial charge is 0.0165 e. The van der Waals surface area contributed by atoms with E-state index in [9.17, 15) is 0 Å². The van der Waals surface area contributed by atoms with Gasteiger partial charge in [0.25, 0.3) is 0 Å². The number of hydrogen-bond acceptors (Lipinski definition) is 0. The molecule has 1 rings (SSSR count). The zero-order chi connectivity index (χ0) is 11.1. The van der Waals surface area contributed by atoms with E-state index in [0.717, 1.165) is 0 Å². The number of hydrogen-bond donors (Lipinski definition) is 0. The third-order valence-electron chi connectivity index (χ3n) is 2.80. The molecule has 0 unspecified atom stereocenters. The first kappa shape index (κ1) is 13.0. The third kappa shape index (κ3) is 4.13. The molecule has 1 aromatic rings. The van der Waals surface area contributed by atoms with Gasteiger partial charge in [0, 0.05) is 3.57 Å². The largest absolute Gasteiger partial charge is 0.0654 e. The van der Waals surface area contributed by atoms with E-state index >= 15 is 0 Å². The first-order chi connectivity index (χ1) is 7.29. The SMILES string of the molecule is CCCCc1cccc(I)c1CCCC. The molecule has 1 heteroatoms. The molecule has 0 fully saturated rings. The first-order valence-electron chi connectivity index (χ1n) is 6.05. The predicted molar refractivity (Wildman–Crippen MR) is 76.4 cm³/mol. The lowest BCUT2D eigenvalue weighted by Gasteiger charge is -2.11. The van der Waals surface area contributed by atoms with Gasteiger partial charge in [0.1, 0.15) is 0 Å². The molecule has 0 N–H and O–H groups in total. The molecule has 0 aromatic heterocycles. The second-order valence-corrected chi connectivity index (χ2v) is 5.25. The second kappa shape index (κ2) is 7.26. The Bertz CT molecular complexity index is 291. The average molecular weight is 316 g/mol. The quantitative estimate of drug-likeness (QED) is 0.650. The summed E-state index contributed by atoms with van der Waals surface area (Å²) in [6.45, 7) is 4.53. The van der Waals surface area contributed by atoms with Gasteiger partial charge in [-0.25, -0.2) is 0 Å². The fraction of sp³-hybridized carbons (Fsp3) is 0.571. The Morgan fingerprint density at radius 1 is 1.00 bits per heavy atom. The number of aryl methyl sites for hydroxylation is 1. The van der Waals surface area contributed by atoms with Gasteiger partial charge in [-0.2, -0.15) is 0 Å². The van der Waals surface area contributed by atoms with E-state index in [-0.39, 0.29) is 0 Å². The molecule has 0 amide bonds. The summed E-state index contributed by atoms with van der Waals surface area (Å²) < 4.78 is 1.45. The summed E-state index contributed by atoms with van der Waals surface area (Å²) >= 11 is 2.48. The summed E-state index contributed by atoms with van der Waals surface area (Å²) in [6.07, 6.45) is 7.73. The molecule has 0 radical (unpaired) electrons. The Kier molecular flexibility index (Phi) is 6.30. The fourth-order valence-corrected chi connectivity index (χ4v) is 2.66. The van der Waals surface area contributed by atoms with Gasteiger partial charge in [0.05, 0.1) is 0 Å². The molecule has 0 aliphatic carbocycles. The van der Waals surface area contributed by atoms with Crippen LogP contribution in [0.4, 0.5) is 0 Å². The highest BCUT2D eigenvalue weighted by atomic mass is 127. The maximum atomic E-state index is 2.48. The molecule has 0 heterocycles. The zero-order valence-corrected chi connectivity index (χ0v) is 12.0. The Morgan fingerprint density at radius 2 is 1.67 bits per heavy atom. The van der Waals surface area contributed by atoms with E-state index in [2.05, 4.69) is 54.6 Å². The molecule has 0 aliphatic rings. The van der Waals surface area contributed by atoms with Crippen molar-refractivity contribution in [1.29, 1.82) is 0 Å². The van der Waals surface area contributed by atoms with E-state index < -0.39 is 0 Å². The van der Waals surface area contributed by atoms with Crippen LogP contribution in [0.1, 0.15) is 50.7 Å². The highest BCUT2D eigenvalue weighted by Crippen LogP contribution is 2.21. The maximum Gasteiger partial charge on any atom is 0.0165 e. The van der Waals surface area contributed by atoms with Crippen LogP contribution >= 0.6 is 22.6 Å². The van der Waals surface area contributed by atoms with E-state index in [4.69, 9.17) is 0 Å². The summed E-state index contributed by atoms with van der Waals surface area (Å²) in [5, 5.41) is 0. The Hall–Kier alpha value is -0.0500. The lowest BCUT2D eigenvalue weighted by molar-refractivity contribution is 0.755. The number of rotatable bonds is 6. The number of unbranched alkanes of at least 4 members (excludes halogenated alkanes) is 2. The van der Waals surface area contributed by atoms with Gasteiger partial charge in [-0.15, -0.1) is 0 Å². The molecule has 84 valence electrons. The van der Waals surface area contributed by atoms with Crippen LogP contribution in [0.3, 0.4) is 0 Å². The van der Waals surface area contributed by atoms with Crippen molar-refractivity contribution in [3.8, 4) is 0 Å². The fourth-order valence-electron chi connectivity index (χ4n) is 1.84. The summed E-state index contributed by atoms with van der Waals surface area (Å²) in [5.74, 6) is 0. The lowest BCUT2D eigenvalue weighted by atomic mass is 9.98. The Morgan fingerprint density at radius 3 is 2.33 bits per heavy atom. The van der Waals surface area contributed by atoms with Crippen molar-refractivity contribution in [3.05, 3.63) is 32.9 Å². The second-order valence-electron chi connectivity index (χ2n) is 4.08. The minimum absolute atomic E-state index is 1.26. The van der Waals surface area contributed by atoms with Gasteiger partial charge in [-0.1, -0.05) is 38.8 Å². The lowest BCUT2D eigenvalue weighted by Crippen LogP contribution is -1.97. The van der Waals surface area contributed by atoms with Gasteiger partial charge in [0.15, 0.2) is 0 Å². The summed E-state index contributed by atoms with van der Waals surface area (Å²) in [5.41, 5.74) is 3.19. The first-order valence-corrected chi connectivity index (χ1v) is 7.13. The van der Waals surface area contributed by atoms with Crippen molar-refractivity contribution >= 4 is 22.6 Å². The van der Waals surface area contributed by atoms with Crippen molar-refractivity contribution in [2.75, 3.05) is 0 Å². The maximum absolute atomic E-state index is 2.48. The summed E-state index contributed by atoms with van der Waals surface area (Å²) in [6, 6.07) is 6.74. The van der Waals surface area contributed by atoms with Gasteiger partial charge >= 0.3 is 0 Å².